The van der Waals surface area contributed by atoms with E-state index in [0.717, 1.165) is 58.0 Å². The fraction of sp³-hybridized carbons (Fsp3) is 0.352. The van der Waals surface area contributed by atoms with Crippen LogP contribution in [0.4, 0.5) is 24.5 Å². The van der Waals surface area contributed by atoms with Crippen LogP contribution in [0, 0.1) is 24.2 Å². The third-order valence-electron chi connectivity index (χ3n) is 12.9. The lowest BCUT2D eigenvalue weighted by molar-refractivity contribution is -0.142. The van der Waals surface area contributed by atoms with Crippen LogP contribution in [0.5, 0.6) is 23.0 Å². The summed E-state index contributed by atoms with van der Waals surface area (Å²) >= 11 is 7.22. The number of hydrogen-bond donors (Lipinski definition) is 2. The number of ether oxygens (including phenoxy) is 3. The number of nitrogens with one attached hydrogen (secondary N) is 1. The van der Waals surface area contributed by atoms with Gasteiger partial charge in [-0.25, -0.2) is 4.98 Å². The van der Waals surface area contributed by atoms with Crippen molar-refractivity contribution in [2.75, 3.05) is 29.6 Å². The Kier molecular flexibility index (Phi) is 16.0. The maximum atomic E-state index is 14.2. The topological polar surface area (TPSA) is 175 Å². The summed E-state index contributed by atoms with van der Waals surface area (Å²) in [5.41, 5.74) is 2.27. The van der Waals surface area contributed by atoms with E-state index in [1.54, 1.807) is 83.4 Å². The van der Waals surface area contributed by atoms with Gasteiger partial charge in [0.1, 0.15) is 34.9 Å². The second-order valence-electron chi connectivity index (χ2n) is 18.9. The maximum absolute atomic E-state index is 14.2. The number of thiazole rings is 1. The van der Waals surface area contributed by atoms with E-state index >= 15 is 0 Å². The number of anilines is 2. The minimum atomic E-state index is -4.80. The first-order valence-corrected chi connectivity index (χ1v) is 25.4. The molecular formula is C54H55F3N8O7S2. The first kappa shape index (κ1) is 53.0. The van der Waals surface area contributed by atoms with Gasteiger partial charge in [-0.05, 0) is 124 Å². The van der Waals surface area contributed by atoms with Gasteiger partial charge in [0.05, 0.1) is 70.7 Å². The fourth-order valence-corrected chi connectivity index (χ4v) is 10.4. The van der Waals surface area contributed by atoms with Crippen LogP contribution in [0.15, 0.2) is 109 Å². The highest BCUT2D eigenvalue weighted by molar-refractivity contribution is 7.81. The van der Waals surface area contributed by atoms with Crippen LogP contribution < -0.4 is 29.3 Å². The van der Waals surface area contributed by atoms with Gasteiger partial charge in [0.25, 0.3) is 5.91 Å². The molecule has 386 valence electrons. The predicted octanol–water partition coefficient (Wildman–Crippen LogP) is 10.0. The van der Waals surface area contributed by atoms with Crippen molar-refractivity contribution >= 4 is 57.8 Å². The van der Waals surface area contributed by atoms with Crippen LogP contribution in [0.2, 0.25) is 0 Å². The Hall–Kier alpha value is -7.34. The van der Waals surface area contributed by atoms with Crippen molar-refractivity contribution in [1.29, 1.82) is 5.26 Å². The molecule has 0 unspecified atom stereocenters. The first-order valence-electron chi connectivity index (χ1n) is 24.1. The molecule has 3 atom stereocenters. The van der Waals surface area contributed by atoms with E-state index in [2.05, 4.69) is 15.4 Å². The number of alkyl halides is 3. The number of halogens is 3. The molecule has 0 radical (unpaired) electrons. The maximum Gasteiger partial charge on any atom is 0.417 e. The van der Waals surface area contributed by atoms with Gasteiger partial charge in [-0.1, -0.05) is 44.2 Å². The van der Waals surface area contributed by atoms with Crippen molar-refractivity contribution in [3.63, 3.8) is 0 Å². The number of thiocarbonyl (C=S) groups is 1. The minimum Gasteiger partial charge on any atom is -0.494 e. The van der Waals surface area contributed by atoms with Crippen molar-refractivity contribution in [3.05, 3.63) is 131 Å². The van der Waals surface area contributed by atoms with Crippen LogP contribution >= 0.6 is 23.6 Å². The molecule has 0 aliphatic carbocycles. The Balaban J connectivity index is 0.780. The Morgan fingerprint density at radius 2 is 1.64 bits per heavy atom. The second kappa shape index (κ2) is 22.4. The summed E-state index contributed by atoms with van der Waals surface area (Å²) in [4.78, 5) is 50.8. The highest BCUT2D eigenvalue weighted by Gasteiger charge is 2.51. The van der Waals surface area contributed by atoms with Crippen molar-refractivity contribution < 1.29 is 46.9 Å². The van der Waals surface area contributed by atoms with Gasteiger partial charge in [0, 0.05) is 31.3 Å². The van der Waals surface area contributed by atoms with Crippen LogP contribution in [0.25, 0.3) is 10.4 Å². The number of aryl methyl sites for hydroxylation is 1. The molecule has 2 saturated heterocycles. The van der Waals surface area contributed by atoms with E-state index in [0.29, 0.717) is 41.9 Å². The number of aliphatic hydroxyl groups excluding tert-OH is 1. The number of nitriles is 1. The number of β-amino-alcohol motifs (C(OH)–C–C–N with tert-alkyl or cyclic N) is 1. The lowest BCUT2D eigenvalue weighted by Crippen LogP contribution is -2.49. The number of carbonyl (C=O) groups is 3. The molecule has 2 aromatic heterocycles. The fourth-order valence-electron chi connectivity index (χ4n) is 9.04. The van der Waals surface area contributed by atoms with Gasteiger partial charge in [-0.2, -0.15) is 23.5 Å². The first-order chi connectivity index (χ1) is 35.3. The number of hydrogen-bond acceptors (Lipinski definition) is 12. The number of aromatic nitrogens is 3. The zero-order valence-electron chi connectivity index (χ0n) is 41.3. The summed E-state index contributed by atoms with van der Waals surface area (Å²) in [5.74, 6) is 0.710. The van der Waals surface area contributed by atoms with Gasteiger partial charge >= 0.3 is 6.18 Å². The molecule has 15 nitrogen and oxygen atoms in total. The SMILES string of the molecule is Cc1ncsc1-c1ccc(CNC(=O)[C@@H]2C[C@@H](O)CN2C(=O)[C@H](C(C)C)n2cc(Oc3cccc(OCCCCCOc4ccc(N5C(=S)N(c6ccc(C#N)c(C(F)(F)F)c6)C(=O)C5(C)C)cc4)c3)cn2)cc1. The van der Waals surface area contributed by atoms with Gasteiger partial charge in [-0.3, -0.25) is 24.0 Å². The third kappa shape index (κ3) is 11.7. The highest BCUT2D eigenvalue weighted by Crippen LogP contribution is 2.40. The Bertz CT molecular complexity index is 3050. The molecule has 4 aromatic carbocycles. The van der Waals surface area contributed by atoms with Gasteiger partial charge in [-0.15, -0.1) is 11.3 Å². The largest absolute Gasteiger partial charge is 0.494 e. The molecule has 2 aliphatic heterocycles. The number of benzene rings is 4. The Labute approximate surface area is 436 Å². The summed E-state index contributed by atoms with van der Waals surface area (Å²) in [5, 5.41) is 27.3. The molecule has 2 fully saturated rings. The molecule has 20 heteroatoms. The molecule has 0 bridgehead atoms. The summed E-state index contributed by atoms with van der Waals surface area (Å²) in [7, 11) is 0. The molecular weight excluding hydrogens is 994 g/mol. The summed E-state index contributed by atoms with van der Waals surface area (Å²) in [6.07, 6.45) is -0.0481. The normalized spacial score (nSPS) is 16.9. The van der Waals surface area contributed by atoms with Gasteiger partial charge in [0.2, 0.25) is 11.8 Å². The molecule has 4 heterocycles. The van der Waals surface area contributed by atoms with Crippen molar-refractivity contribution in [2.45, 2.75) is 96.7 Å². The van der Waals surface area contributed by atoms with Gasteiger partial charge < -0.3 is 34.4 Å². The molecule has 2 N–H and O–H groups in total. The van der Waals surface area contributed by atoms with E-state index in [1.807, 2.05) is 62.7 Å². The molecule has 6 aromatic rings. The zero-order chi connectivity index (χ0) is 52.9. The number of likely N-dealkylation sites (tertiary alicyclic amines) is 1. The number of carbonyl (C=O) groups excluding carboxylic acids is 3. The summed E-state index contributed by atoms with van der Waals surface area (Å²) in [6, 6.07) is 25.1. The minimum absolute atomic E-state index is 0.00231. The highest BCUT2D eigenvalue weighted by atomic mass is 32.1. The van der Waals surface area contributed by atoms with Crippen molar-refractivity contribution in [3.8, 4) is 39.5 Å². The smallest absolute Gasteiger partial charge is 0.417 e. The molecule has 3 amide bonds. The van der Waals surface area contributed by atoms with Crippen LogP contribution in [0.1, 0.15) is 81.8 Å². The lowest BCUT2D eigenvalue weighted by Gasteiger charge is -2.30. The Morgan fingerprint density at radius 3 is 2.30 bits per heavy atom. The van der Waals surface area contributed by atoms with Gasteiger partial charge in [0.15, 0.2) is 10.9 Å². The van der Waals surface area contributed by atoms with Crippen molar-refractivity contribution in [2.24, 2.45) is 5.92 Å². The average Bonchev–Trinajstić information content (AvgIpc) is 4.16. The van der Waals surface area contributed by atoms with E-state index in [9.17, 15) is 37.9 Å². The zero-order valence-corrected chi connectivity index (χ0v) is 43.0. The second-order valence-corrected chi connectivity index (χ2v) is 20.1. The average molecular weight is 1050 g/mol. The summed E-state index contributed by atoms with van der Waals surface area (Å²) in [6.45, 7) is 10.2. The number of unbranched alkanes of at least 4 members (excludes halogenated alkanes) is 2. The van der Waals surface area contributed by atoms with Crippen LogP contribution in [-0.4, -0.2) is 85.0 Å². The third-order valence-corrected chi connectivity index (χ3v) is 14.2. The van der Waals surface area contributed by atoms with E-state index in [-0.39, 0.29) is 48.0 Å². The number of rotatable bonds is 19. The van der Waals surface area contributed by atoms with E-state index < -0.39 is 46.9 Å². The molecule has 8 rings (SSSR count). The Morgan fingerprint density at radius 1 is 0.946 bits per heavy atom. The number of amides is 3. The van der Waals surface area contributed by atoms with Crippen LogP contribution in [0.3, 0.4) is 0 Å². The lowest BCUT2D eigenvalue weighted by atomic mass is 10.0. The molecule has 74 heavy (non-hydrogen) atoms. The standard InChI is InChI=1S/C54H55F3N8O7S2/c1-33(2)47(50(68)62-30-40(66)25-46(62)49(67)59-28-35-12-14-36(15-13-35)48-34(3)60-32-74-48)63-31-44(29-61-63)72-43-11-9-10-42(26-43)71-23-8-6-7-22-70-41-20-18-38(19-21-41)65-52(73)64(51(69)53(65,4)5)39-17-16-37(27-58)45(24-39)54(55,56)57/h9-21,24,26,29,31-33,40,46-47,66H,6-8,22-23,25,28,30H2,1-5H3,(H,59,67)/t40-,46+,47+/m1/s1. The predicted molar refractivity (Wildman–Crippen MR) is 277 cm³/mol. The van der Waals surface area contributed by atoms with E-state index in [4.69, 9.17) is 26.4 Å². The molecule has 0 spiro atoms. The number of nitrogens with zero attached hydrogens (tertiary/aromatic N) is 7. The van der Waals surface area contributed by atoms with Crippen LogP contribution in [-0.2, 0) is 27.1 Å². The molecule has 2 aliphatic rings. The molecule has 0 saturated carbocycles. The monoisotopic (exact) mass is 1050 g/mol. The quantitative estimate of drug-likeness (QED) is 0.0581. The van der Waals surface area contributed by atoms with Crippen molar-refractivity contribution in [1.82, 2.24) is 25.0 Å². The summed E-state index contributed by atoms with van der Waals surface area (Å²) < 4.78 is 60.9. The van der Waals surface area contributed by atoms with E-state index in [1.165, 1.54) is 17.2 Å². The number of aliphatic hydroxyl groups is 1.